The molecule has 5 heterocycles. The van der Waals surface area contributed by atoms with Crippen LogP contribution in [0.15, 0.2) is 81.7 Å². The van der Waals surface area contributed by atoms with Gasteiger partial charge in [-0.05, 0) is 116 Å². The first kappa shape index (κ1) is 29.6. The molecule has 2 aromatic carbocycles. The van der Waals surface area contributed by atoms with Crippen molar-refractivity contribution in [2.24, 2.45) is 0 Å². The number of ether oxygens (including phenoxy) is 2. The zero-order valence-electron chi connectivity index (χ0n) is 24.5. The van der Waals surface area contributed by atoms with Gasteiger partial charge in [0, 0.05) is 22.2 Å². The van der Waals surface area contributed by atoms with Crippen molar-refractivity contribution in [3.8, 4) is 22.3 Å². The van der Waals surface area contributed by atoms with E-state index in [1.54, 1.807) is 24.3 Å². The van der Waals surface area contributed by atoms with E-state index in [1.165, 1.54) is 14.2 Å². The second-order valence-corrected chi connectivity index (χ2v) is 12.1. The number of nitrogens with zero attached hydrogens (tertiary/aromatic N) is 2. The van der Waals surface area contributed by atoms with Crippen molar-refractivity contribution in [3.05, 3.63) is 116 Å². The van der Waals surface area contributed by atoms with Gasteiger partial charge in [0.25, 0.3) is 0 Å². The molecule has 0 fully saturated rings. The average molecular weight is 736 g/mol. The molecule has 8 nitrogen and oxygen atoms in total. The highest BCUT2D eigenvalue weighted by Crippen LogP contribution is 2.36. The van der Waals surface area contributed by atoms with Crippen LogP contribution in [0.2, 0.25) is 0 Å². The summed E-state index contributed by atoms with van der Waals surface area (Å²) < 4.78 is 11.4. The second-order valence-electron chi connectivity index (χ2n) is 10.5. The number of esters is 2. The SMILES string of the molecule is COC(=O)c1ccc(-c2c3nc(c(Br)c4ccc([nH]4)c(-c4ccc(C(=O)OC)cc4)c4nc(c(Br)c5ccc2[nH]5)C=C4)C=C3)cc1. The molecule has 5 aromatic rings. The Balaban J connectivity index is 1.52. The zero-order chi connectivity index (χ0) is 31.9. The highest BCUT2D eigenvalue weighted by molar-refractivity contribution is 9.11. The number of rotatable bonds is 4. The van der Waals surface area contributed by atoms with E-state index in [0.717, 1.165) is 76.0 Å². The topological polar surface area (TPSA) is 110 Å². The van der Waals surface area contributed by atoms with Gasteiger partial charge in [-0.25, -0.2) is 19.6 Å². The van der Waals surface area contributed by atoms with Crippen molar-refractivity contribution in [1.29, 1.82) is 0 Å². The highest BCUT2D eigenvalue weighted by Gasteiger charge is 2.17. The highest BCUT2D eigenvalue weighted by atomic mass is 79.9. The zero-order valence-corrected chi connectivity index (χ0v) is 27.7. The minimum Gasteiger partial charge on any atom is -0.465 e. The normalized spacial score (nSPS) is 11.9. The fourth-order valence-corrected chi connectivity index (χ4v) is 6.43. The monoisotopic (exact) mass is 734 g/mol. The van der Waals surface area contributed by atoms with Crippen molar-refractivity contribution in [3.63, 3.8) is 0 Å². The molecule has 0 amide bonds. The lowest BCUT2D eigenvalue weighted by molar-refractivity contribution is 0.0592. The molecular formula is C36H24Br2N4O4. The third kappa shape index (κ3) is 5.29. The third-order valence-electron chi connectivity index (χ3n) is 7.81. The summed E-state index contributed by atoms with van der Waals surface area (Å²) in [5, 5.41) is 0. The molecule has 46 heavy (non-hydrogen) atoms. The molecule has 8 bridgehead atoms. The summed E-state index contributed by atoms with van der Waals surface area (Å²) in [5.74, 6) is -0.791. The quantitative estimate of drug-likeness (QED) is 0.175. The molecule has 2 aliphatic rings. The predicted octanol–water partition coefficient (Wildman–Crippen LogP) is 9.09. The van der Waals surface area contributed by atoms with Crippen LogP contribution in [0.5, 0.6) is 0 Å². The third-order valence-corrected chi connectivity index (χ3v) is 9.48. The van der Waals surface area contributed by atoms with Gasteiger partial charge in [-0.3, -0.25) is 0 Å². The Morgan fingerprint density at radius 1 is 0.522 bits per heavy atom. The molecule has 226 valence electrons. The standard InChI is InChI=1S/C36H24Br2N4O4/c1-45-35(43)21-7-3-19(4-8-21)31-23-11-15-27(39-23)33(37)29-17-13-25(41-29)32(20-5-9-22(10-6-20)36(44)46-2)26-14-18-30(42-26)34(38)28-16-12-24(31)40-28/h3-18,39,42H,1-2H3. The molecule has 0 saturated carbocycles. The average Bonchev–Trinajstić information content (AvgIpc) is 3.92. The second kappa shape index (κ2) is 12.0. The lowest BCUT2D eigenvalue weighted by Gasteiger charge is -2.06. The van der Waals surface area contributed by atoms with E-state index in [9.17, 15) is 9.59 Å². The minimum absolute atomic E-state index is 0.395. The fraction of sp³-hybridized carbons (Fsp3) is 0.0556. The van der Waals surface area contributed by atoms with E-state index >= 15 is 0 Å². The van der Waals surface area contributed by atoms with Gasteiger partial charge in [-0.15, -0.1) is 0 Å². The smallest absolute Gasteiger partial charge is 0.337 e. The summed E-state index contributed by atoms with van der Waals surface area (Å²) in [4.78, 5) is 41.4. The van der Waals surface area contributed by atoms with Crippen LogP contribution in [0, 0.1) is 0 Å². The molecular weight excluding hydrogens is 712 g/mol. The Morgan fingerprint density at radius 2 is 0.870 bits per heavy atom. The first-order valence-electron chi connectivity index (χ1n) is 14.2. The number of benzene rings is 2. The Hall–Kier alpha value is -5.06. The number of carbonyl (C=O) groups is 2. The van der Waals surface area contributed by atoms with Gasteiger partial charge in [0.15, 0.2) is 0 Å². The van der Waals surface area contributed by atoms with Crippen molar-refractivity contribution in [2.45, 2.75) is 0 Å². The summed E-state index contributed by atoms with van der Waals surface area (Å²) in [6, 6.07) is 22.6. The van der Waals surface area contributed by atoms with Crippen LogP contribution in [-0.4, -0.2) is 46.1 Å². The van der Waals surface area contributed by atoms with E-state index in [-0.39, 0.29) is 0 Å². The Kier molecular flexibility index (Phi) is 7.75. The van der Waals surface area contributed by atoms with E-state index in [1.807, 2.05) is 72.8 Å². The van der Waals surface area contributed by atoms with Gasteiger partial charge >= 0.3 is 11.9 Å². The Morgan fingerprint density at radius 3 is 1.24 bits per heavy atom. The van der Waals surface area contributed by atoms with E-state index in [4.69, 9.17) is 19.4 Å². The Bertz CT molecular complexity index is 2120. The molecule has 0 spiro atoms. The van der Waals surface area contributed by atoms with Crippen molar-refractivity contribution in [1.82, 2.24) is 19.9 Å². The maximum absolute atomic E-state index is 12.1. The number of H-pyrrole nitrogens is 2. The number of aromatic nitrogens is 4. The van der Waals surface area contributed by atoms with E-state index in [0.29, 0.717) is 11.1 Å². The first-order chi connectivity index (χ1) is 22.3. The van der Waals surface area contributed by atoms with Crippen molar-refractivity contribution >= 4 is 90.2 Å². The van der Waals surface area contributed by atoms with E-state index in [2.05, 4.69) is 41.8 Å². The van der Waals surface area contributed by atoms with Crippen LogP contribution in [0.1, 0.15) is 43.5 Å². The summed E-state index contributed by atoms with van der Waals surface area (Å²) in [6.07, 6.45) is 7.89. The number of hydrogen-bond donors (Lipinski definition) is 2. The number of aromatic amines is 2. The largest absolute Gasteiger partial charge is 0.465 e. The summed E-state index contributed by atoms with van der Waals surface area (Å²) >= 11 is 7.59. The lowest BCUT2D eigenvalue weighted by Crippen LogP contribution is -2.00. The maximum Gasteiger partial charge on any atom is 0.337 e. The predicted molar refractivity (Wildman–Crippen MR) is 188 cm³/mol. The molecule has 0 atom stereocenters. The number of halogens is 2. The van der Waals surface area contributed by atoms with Gasteiger partial charge < -0.3 is 19.4 Å². The Labute approximate surface area is 280 Å². The van der Waals surface area contributed by atoms with Crippen LogP contribution in [0.25, 0.3) is 68.6 Å². The summed E-state index contributed by atoms with van der Waals surface area (Å²) in [7, 11) is 2.73. The van der Waals surface area contributed by atoms with Crippen molar-refractivity contribution in [2.75, 3.05) is 14.2 Å². The molecule has 0 saturated heterocycles. The summed E-state index contributed by atoms with van der Waals surface area (Å²) in [5.41, 5.74) is 10.8. The number of carbonyl (C=O) groups excluding carboxylic acids is 2. The fourth-order valence-electron chi connectivity index (χ4n) is 5.53. The number of nitrogens with one attached hydrogen (secondary N) is 2. The molecule has 2 aliphatic heterocycles. The number of hydrogen-bond acceptors (Lipinski definition) is 6. The van der Waals surface area contributed by atoms with E-state index < -0.39 is 11.9 Å². The van der Waals surface area contributed by atoms with Gasteiger partial charge in [-0.2, -0.15) is 0 Å². The molecule has 0 radical (unpaired) electrons. The van der Waals surface area contributed by atoms with Crippen LogP contribution in [-0.2, 0) is 9.47 Å². The molecule has 7 rings (SSSR count). The maximum atomic E-state index is 12.1. The van der Waals surface area contributed by atoms with Crippen molar-refractivity contribution < 1.29 is 19.1 Å². The molecule has 3 aromatic heterocycles. The molecule has 10 heteroatoms. The lowest BCUT2D eigenvalue weighted by atomic mass is 10.0. The summed E-state index contributed by atoms with van der Waals surface area (Å²) in [6.45, 7) is 0. The molecule has 0 unspecified atom stereocenters. The van der Waals surface area contributed by atoms with Crippen LogP contribution in [0.4, 0.5) is 0 Å². The van der Waals surface area contributed by atoms with Gasteiger partial charge in [0.1, 0.15) is 0 Å². The van der Waals surface area contributed by atoms with Gasteiger partial charge in [-0.1, -0.05) is 24.3 Å². The minimum atomic E-state index is -0.395. The van der Waals surface area contributed by atoms with Gasteiger partial charge in [0.05, 0.1) is 68.1 Å². The van der Waals surface area contributed by atoms with Crippen LogP contribution in [0.3, 0.4) is 0 Å². The van der Waals surface area contributed by atoms with Gasteiger partial charge in [0.2, 0.25) is 0 Å². The number of methoxy groups -OCH3 is 2. The number of fused-ring (bicyclic) bond motifs is 8. The molecule has 0 aliphatic carbocycles. The van der Waals surface area contributed by atoms with Crippen LogP contribution < -0.4 is 0 Å². The molecule has 2 N–H and O–H groups in total. The first-order valence-corrected chi connectivity index (χ1v) is 15.8. The van der Waals surface area contributed by atoms with Crippen LogP contribution >= 0.6 is 31.9 Å².